The van der Waals surface area contributed by atoms with E-state index in [1.54, 1.807) is 11.3 Å². The zero-order valence-electron chi connectivity index (χ0n) is 11.1. The third kappa shape index (κ3) is 2.51. The Kier molecular flexibility index (Phi) is 4.15. The summed E-state index contributed by atoms with van der Waals surface area (Å²) >= 11 is 5.42. The molecule has 4 heteroatoms. The molecule has 0 amide bonds. The second-order valence-electron chi connectivity index (χ2n) is 4.54. The lowest BCUT2D eigenvalue weighted by molar-refractivity contribution is 0.641. The maximum atomic E-state index is 4.45. The van der Waals surface area contributed by atoms with Gasteiger partial charge in [-0.3, -0.25) is 4.98 Å². The van der Waals surface area contributed by atoms with Gasteiger partial charge in [-0.2, -0.15) is 0 Å². The molecule has 3 aromatic rings. The van der Waals surface area contributed by atoms with Crippen molar-refractivity contribution < 1.29 is 0 Å². The van der Waals surface area contributed by atoms with Crippen LogP contribution in [0.4, 0.5) is 0 Å². The lowest BCUT2D eigenvalue weighted by Gasteiger charge is -2.19. The van der Waals surface area contributed by atoms with E-state index in [9.17, 15) is 0 Å². The molecule has 1 atom stereocenters. The minimum atomic E-state index is 0.197. The number of hydrogen-bond donors (Lipinski definition) is 1. The fraction of sp³-hybridized carbons (Fsp3) is 0.188. The third-order valence-corrected chi connectivity index (χ3v) is 5.24. The summed E-state index contributed by atoms with van der Waals surface area (Å²) in [6.45, 7) is 3.06. The molecule has 2 nitrogen and oxygen atoms in total. The second kappa shape index (κ2) is 6.04. The van der Waals surface area contributed by atoms with Gasteiger partial charge in [0.2, 0.25) is 0 Å². The van der Waals surface area contributed by atoms with E-state index in [-0.39, 0.29) is 6.04 Å². The van der Waals surface area contributed by atoms with Crippen LogP contribution < -0.4 is 5.32 Å². The second-order valence-corrected chi connectivity index (χ2v) is 6.34. The Balaban J connectivity index is 2.17. The van der Waals surface area contributed by atoms with Gasteiger partial charge in [-0.15, -0.1) is 11.3 Å². The van der Waals surface area contributed by atoms with Crippen LogP contribution in [0.2, 0.25) is 0 Å². The fourth-order valence-corrected chi connectivity index (χ4v) is 4.13. The minimum absolute atomic E-state index is 0.197. The molecule has 0 aliphatic rings. The molecule has 0 saturated heterocycles. The molecule has 0 spiro atoms. The van der Waals surface area contributed by atoms with E-state index in [2.05, 4.69) is 68.9 Å². The topological polar surface area (TPSA) is 24.9 Å². The first-order valence-electron chi connectivity index (χ1n) is 6.61. The van der Waals surface area contributed by atoms with Gasteiger partial charge in [0, 0.05) is 20.9 Å². The third-order valence-electron chi connectivity index (χ3n) is 3.31. The normalized spacial score (nSPS) is 12.7. The highest BCUT2D eigenvalue weighted by atomic mass is 79.9. The van der Waals surface area contributed by atoms with Crippen LogP contribution in [0.5, 0.6) is 0 Å². The van der Waals surface area contributed by atoms with Gasteiger partial charge in [0.25, 0.3) is 0 Å². The Morgan fingerprint density at radius 2 is 2.15 bits per heavy atom. The van der Waals surface area contributed by atoms with Crippen molar-refractivity contribution in [3.05, 3.63) is 62.9 Å². The van der Waals surface area contributed by atoms with E-state index < -0.39 is 0 Å². The summed E-state index contributed by atoms with van der Waals surface area (Å²) < 4.78 is 1.16. The summed E-state index contributed by atoms with van der Waals surface area (Å²) in [6.07, 6.45) is 1.84. The number of halogens is 1. The highest BCUT2D eigenvalue weighted by molar-refractivity contribution is 9.10. The molecule has 0 saturated carbocycles. The van der Waals surface area contributed by atoms with Gasteiger partial charge in [0.1, 0.15) is 0 Å². The SMILES string of the molecule is CCNC(c1sccc1Br)c1cccc2ncccc12. The molecule has 1 aromatic carbocycles. The molecular weight excluding hydrogens is 332 g/mol. The Labute approximate surface area is 131 Å². The van der Waals surface area contributed by atoms with Crippen LogP contribution >= 0.6 is 27.3 Å². The zero-order chi connectivity index (χ0) is 13.9. The van der Waals surface area contributed by atoms with E-state index in [4.69, 9.17) is 0 Å². The van der Waals surface area contributed by atoms with Crippen LogP contribution in [-0.2, 0) is 0 Å². The number of thiophene rings is 1. The van der Waals surface area contributed by atoms with Crippen LogP contribution in [0, 0.1) is 0 Å². The van der Waals surface area contributed by atoms with Crippen LogP contribution in [0.3, 0.4) is 0 Å². The minimum Gasteiger partial charge on any atom is -0.306 e. The van der Waals surface area contributed by atoms with Crippen molar-refractivity contribution in [1.29, 1.82) is 0 Å². The molecule has 0 bridgehead atoms. The molecule has 0 aliphatic carbocycles. The lowest BCUT2D eigenvalue weighted by atomic mass is 10.00. The van der Waals surface area contributed by atoms with Crippen molar-refractivity contribution in [3.63, 3.8) is 0 Å². The van der Waals surface area contributed by atoms with Gasteiger partial charge < -0.3 is 5.32 Å². The Morgan fingerprint density at radius 1 is 1.25 bits per heavy atom. The van der Waals surface area contributed by atoms with Gasteiger partial charge in [0.05, 0.1) is 11.6 Å². The van der Waals surface area contributed by atoms with Crippen molar-refractivity contribution >= 4 is 38.2 Å². The molecule has 3 rings (SSSR count). The number of hydrogen-bond acceptors (Lipinski definition) is 3. The maximum absolute atomic E-state index is 4.45. The van der Waals surface area contributed by atoms with Gasteiger partial charge in [-0.05, 0) is 51.6 Å². The summed E-state index contributed by atoms with van der Waals surface area (Å²) in [6, 6.07) is 12.8. The van der Waals surface area contributed by atoms with Crippen LogP contribution in [0.25, 0.3) is 10.9 Å². The predicted octanol–water partition coefficient (Wildman–Crippen LogP) is 4.76. The van der Waals surface area contributed by atoms with Crippen molar-refractivity contribution in [2.24, 2.45) is 0 Å². The molecule has 0 aliphatic heterocycles. The van der Waals surface area contributed by atoms with E-state index in [1.165, 1.54) is 15.8 Å². The highest BCUT2D eigenvalue weighted by Gasteiger charge is 2.19. The first-order valence-corrected chi connectivity index (χ1v) is 8.28. The maximum Gasteiger partial charge on any atom is 0.0705 e. The van der Waals surface area contributed by atoms with Crippen molar-refractivity contribution in [2.75, 3.05) is 6.54 Å². The van der Waals surface area contributed by atoms with Crippen molar-refractivity contribution in [3.8, 4) is 0 Å². The van der Waals surface area contributed by atoms with Crippen LogP contribution in [-0.4, -0.2) is 11.5 Å². The Bertz CT molecular complexity index is 718. The standard InChI is InChI=1S/C16H15BrN2S/c1-2-18-15(16-13(17)8-10-20-16)12-5-3-7-14-11(12)6-4-9-19-14/h3-10,15,18H,2H2,1H3. The summed E-state index contributed by atoms with van der Waals surface area (Å²) in [5.41, 5.74) is 2.32. The molecule has 0 fully saturated rings. The van der Waals surface area contributed by atoms with Gasteiger partial charge in [-0.1, -0.05) is 25.1 Å². The summed E-state index contributed by atoms with van der Waals surface area (Å²) in [4.78, 5) is 5.76. The molecule has 102 valence electrons. The predicted molar refractivity (Wildman–Crippen MR) is 89.3 cm³/mol. The average molecular weight is 347 g/mol. The molecule has 2 heterocycles. The number of pyridine rings is 1. The first kappa shape index (κ1) is 13.7. The van der Waals surface area contributed by atoms with E-state index in [1.807, 2.05) is 12.3 Å². The molecule has 2 aromatic heterocycles. The Hall–Kier alpha value is -1.23. The number of rotatable bonds is 4. The molecule has 20 heavy (non-hydrogen) atoms. The van der Waals surface area contributed by atoms with Crippen molar-refractivity contribution in [1.82, 2.24) is 10.3 Å². The number of nitrogens with one attached hydrogen (secondary N) is 1. The number of fused-ring (bicyclic) bond motifs is 1. The van der Waals surface area contributed by atoms with Crippen LogP contribution in [0.15, 0.2) is 52.4 Å². The van der Waals surface area contributed by atoms with Gasteiger partial charge in [0.15, 0.2) is 0 Å². The molecule has 1 unspecified atom stereocenters. The largest absolute Gasteiger partial charge is 0.306 e. The van der Waals surface area contributed by atoms with Crippen molar-refractivity contribution in [2.45, 2.75) is 13.0 Å². The number of benzene rings is 1. The zero-order valence-corrected chi connectivity index (χ0v) is 13.5. The summed E-state index contributed by atoms with van der Waals surface area (Å²) in [5.74, 6) is 0. The highest BCUT2D eigenvalue weighted by Crippen LogP contribution is 2.35. The molecule has 0 radical (unpaired) electrons. The molecular formula is C16H15BrN2S. The van der Waals surface area contributed by atoms with E-state index in [0.717, 1.165) is 16.5 Å². The lowest BCUT2D eigenvalue weighted by Crippen LogP contribution is -2.21. The van der Waals surface area contributed by atoms with E-state index in [0.29, 0.717) is 0 Å². The monoisotopic (exact) mass is 346 g/mol. The average Bonchev–Trinajstić information content (AvgIpc) is 2.90. The van der Waals surface area contributed by atoms with E-state index >= 15 is 0 Å². The first-order chi connectivity index (χ1) is 9.81. The smallest absolute Gasteiger partial charge is 0.0705 e. The summed E-state index contributed by atoms with van der Waals surface area (Å²) in [7, 11) is 0. The number of nitrogens with zero attached hydrogens (tertiary/aromatic N) is 1. The van der Waals surface area contributed by atoms with Gasteiger partial charge in [-0.25, -0.2) is 0 Å². The quantitative estimate of drug-likeness (QED) is 0.736. The van der Waals surface area contributed by atoms with Crippen LogP contribution in [0.1, 0.15) is 23.4 Å². The fourth-order valence-electron chi connectivity index (χ4n) is 2.44. The Morgan fingerprint density at radius 3 is 2.90 bits per heavy atom. The summed E-state index contributed by atoms with van der Waals surface area (Å²) in [5, 5.41) is 6.91. The number of aromatic nitrogens is 1. The van der Waals surface area contributed by atoms with Gasteiger partial charge >= 0.3 is 0 Å². The molecule has 1 N–H and O–H groups in total.